The lowest BCUT2D eigenvalue weighted by Crippen LogP contribution is -2.78. The van der Waals surface area contributed by atoms with Gasteiger partial charge in [0.05, 0.1) is 23.0 Å². The van der Waals surface area contributed by atoms with Gasteiger partial charge in [0.25, 0.3) is 0 Å². The SMILES string of the molecule is CCC(=O)O[C@H]1C(=O)[C@@]2(C)C(C(OC(=O)c3ccccc3)[C@]3(O)C[C@H](OC(=O)[C@H](O)[C@@H](NC(=O)OC4CCC4)c4cccs4)C(C)=C1C3(C)C)[C@]1(OC(C)=O)CC[C@@H]1C[C@@H]2O. The van der Waals surface area contributed by atoms with Crippen LogP contribution in [0, 0.1) is 22.7 Å². The molecular weight excluding hydrogens is 811 g/mol. The summed E-state index contributed by atoms with van der Waals surface area (Å²) in [7, 11) is 0. The number of aliphatic hydroxyl groups excluding tert-OH is 2. The Balaban J connectivity index is 1.38. The lowest BCUT2D eigenvalue weighted by atomic mass is 9.41. The number of benzene rings is 1. The highest BCUT2D eigenvalue weighted by molar-refractivity contribution is 7.10. The van der Waals surface area contributed by atoms with Crippen LogP contribution in [0.5, 0.6) is 0 Å². The fraction of sp³-hybridized carbons (Fsp3) is 0.600. The van der Waals surface area contributed by atoms with E-state index in [0.717, 1.165) is 6.42 Å². The molecule has 0 saturated heterocycles. The zero-order valence-electron chi connectivity index (χ0n) is 35.2. The van der Waals surface area contributed by atoms with Gasteiger partial charge in [-0.1, -0.05) is 45.0 Å². The quantitative estimate of drug-likeness (QED) is 0.132. The highest BCUT2D eigenvalue weighted by Crippen LogP contribution is 2.67. The lowest BCUT2D eigenvalue weighted by Gasteiger charge is -2.68. The smallest absolute Gasteiger partial charge is 0.408 e. The van der Waals surface area contributed by atoms with E-state index in [-0.39, 0.29) is 42.1 Å². The number of nitrogens with one attached hydrogen (secondary N) is 1. The van der Waals surface area contributed by atoms with E-state index >= 15 is 4.79 Å². The molecule has 4 fully saturated rings. The maximum Gasteiger partial charge on any atom is 0.408 e. The molecule has 15 nitrogen and oxygen atoms in total. The van der Waals surface area contributed by atoms with Crippen LogP contribution >= 0.6 is 11.3 Å². The number of alkyl carbamates (subject to hydrolysis) is 1. The van der Waals surface area contributed by atoms with Gasteiger partial charge in [-0.25, -0.2) is 14.4 Å². The van der Waals surface area contributed by atoms with Gasteiger partial charge in [-0.3, -0.25) is 14.4 Å². The van der Waals surface area contributed by atoms with Crippen LogP contribution in [0.25, 0.3) is 0 Å². The highest BCUT2D eigenvalue weighted by atomic mass is 32.1. The average molecular weight is 866 g/mol. The van der Waals surface area contributed by atoms with Crippen LogP contribution in [0.1, 0.15) is 114 Å². The Labute approximate surface area is 358 Å². The van der Waals surface area contributed by atoms with Crippen molar-refractivity contribution in [3.8, 4) is 0 Å². The topological polar surface area (TPSA) is 221 Å². The van der Waals surface area contributed by atoms with Gasteiger partial charge in [0.1, 0.15) is 35.6 Å². The Kier molecular flexibility index (Phi) is 12.1. The summed E-state index contributed by atoms with van der Waals surface area (Å²) in [6.07, 6.45) is -7.16. The Bertz CT molecular complexity index is 2080. The first-order chi connectivity index (χ1) is 28.8. The number of carbonyl (C=O) groups excluding carboxylic acids is 6. The summed E-state index contributed by atoms with van der Waals surface area (Å²) in [5.41, 5.74) is -7.09. The molecule has 5 aliphatic rings. The first-order valence-electron chi connectivity index (χ1n) is 21.0. The van der Waals surface area contributed by atoms with E-state index in [1.807, 2.05) is 0 Å². The Hall–Kier alpha value is -4.64. The van der Waals surface area contributed by atoms with Gasteiger partial charge in [0, 0.05) is 36.0 Å². The molecule has 2 bridgehead atoms. The van der Waals surface area contributed by atoms with Crippen molar-refractivity contribution in [2.75, 3.05) is 0 Å². The molecule has 1 amide bonds. The van der Waals surface area contributed by atoms with Crippen LogP contribution in [0.3, 0.4) is 0 Å². The monoisotopic (exact) mass is 865 g/mol. The number of rotatable bonds is 11. The standard InChI is InChI=1S/C45H55NO14S/c1-7-31(49)58-35-32-23(2)28(57-40(53)34(50)33(29-17-12-20-61-29)46-41(54)56-27-15-11-16-27)22-45(55,42(32,4)5)38(59-39(52)25-13-9-8-10-14-25)36-43(6,37(35)51)30(48)21-26-18-19-44(26,36)60-24(3)47/h8-10,12-14,17,20,26-28,30,33-36,38,48,50,55H,7,11,15-16,18-19,21-22H2,1-6H3,(H,46,54)/t26-,28+,30+,33+,34-,35-,36?,38?,43-,44+,45-/m1/s1. The average Bonchev–Trinajstić information content (AvgIpc) is 3.74. The lowest BCUT2D eigenvalue weighted by molar-refractivity contribution is -0.296. The number of ketones is 1. The van der Waals surface area contributed by atoms with E-state index in [2.05, 4.69) is 5.32 Å². The van der Waals surface area contributed by atoms with Crippen LogP contribution in [-0.4, -0.2) is 98.9 Å². The van der Waals surface area contributed by atoms with Gasteiger partial charge in [0.15, 0.2) is 18.0 Å². The highest BCUT2D eigenvalue weighted by Gasteiger charge is 2.77. The minimum absolute atomic E-state index is 0.0193. The van der Waals surface area contributed by atoms with Crippen molar-refractivity contribution in [3.05, 3.63) is 69.4 Å². The number of amides is 1. The first kappa shape index (κ1) is 44.4. The summed E-state index contributed by atoms with van der Waals surface area (Å²) in [4.78, 5) is 83.9. The third-order valence-electron chi connectivity index (χ3n) is 14.3. The molecule has 4 saturated carbocycles. The van der Waals surface area contributed by atoms with Crippen LogP contribution in [0.4, 0.5) is 4.79 Å². The van der Waals surface area contributed by atoms with Crippen molar-refractivity contribution in [3.63, 3.8) is 0 Å². The molecule has 2 unspecified atom stereocenters. The van der Waals surface area contributed by atoms with Crippen molar-refractivity contribution in [2.24, 2.45) is 22.7 Å². The second-order valence-corrected chi connectivity index (χ2v) is 18.9. The van der Waals surface area contributed by atoms with Crippen LogP contribution in [0.2, 0.25) is 0 Å². The number of aliphatic hydroxyl groups is 3. The predicted octanol–water partition coefficient (Wildman–Crippen LogP) is 5.05. The van der Waals surface area contributed by atoms with Crippen molar-refractivity contribution in [1.82, 2.24) is 5.32 Å². The molecule has 2 aromatic rings. The number of thiophene rings is 1. The molecule has 7 rings (SSSR count). The van der Waals surface area contributed by atoms with E-state index in [4.69, 9.17) is 23.7 Å². The minimum atomic E-state index is -2.33. The van der Waals surface area contributed by atoms with Crippen LogP contribution < -0.4 is 5.32 Å². The number of fused-ring (bicyclic) bond motifs is 5. The van der Waals surface area contributed by atoms with Gasteiger partial charge in [-0.2, -0.15) is 0 Å². The predicted molar refractivity (Wildman–Crippen MR) is 217 cm³/mol. The minimum Gasteiger partial charge on any atom is -0.458 e. The first-order valence-corrected chi connectivity index (χ1v) is 21.9. The van der Waals surface area contributed by atoms with E-state index in [1.54, 1.807) is 63.4 Å². The van der Waals surface area contributed by atoms with Crippen molar-refractivity contribution >= 4 is 47.1 Å². The zero-order chi connectivity index (χ0) is 44.2. The fourth-order valence-corrected chi connectivity index (χ4v) is 11.3. The summed E-state index contributed by atoms with van der Waals surface area (Å²) in [5, 5.41) is 41.8. The Morgan fingerprint density at radius 3 is 2.25 bits per heavy atom. The van der Waals surface area contributed by atoms with Gasteiger partial charge >= 0.3 is 30.0 Å². The summed E-state index contributed by atoms with van der Waals surface area (Å²) < 4.78 is 30.2. The molecule has 330 valence electrons. The summed E-state index contributed by atoms with van der Waals surface area (Å²) >= 11 is 1.18. The molecule has 1 aromatic carbocycles. The number of ether oxygens (including phenoxy) is 5. The molecule has 4 N–H and O–H groups in total. The van der Waals surface area contributed by atoms with Crippen LogP contribution in [0.15, 0.2) is 59.0 Å². The maximum absolute atomic E-state index is 15.6. The Morgan fingerprint density at radius 2 is 1.67 bits per heavy atom. The molecule has 61 heavy (non-hydrogen) atoms. The van der Waals surface area contributed by atoms with Crippen molar-refractivity contribution in [2.45, 2.75) is 147 Å². The number of carbonyl (C=O) groups is 6. The molecule has 1 heterocycles. The van der Waals surface area contributed by atoms with Crippen molar-refractivity contribution in [1.29, 1.82) is 0 Å². The van der Waals surface area contributed by atoms with E-state index in [9.17, 15) is 39.3 Å². The number of hydrogen-bond acceptors (Lipinski definition) is 15. The Morgan fingerprint density at radius 1 is 0.967 bits per heavy atom. The third-order valence-corrected chi connectivity index (χ3v) is 15.2. The summed E-state index contributed by atoms with van der Waals surface area (Å²) in [6.45, 7) is 8.98. The maximum atomic E-state index is 15.6. The molecule has 0 radical (unpaired) electrons. The van der Waals surface area contributed by atoms with Crippen LogP contribution in [-0.2, 0) is 42.9 Å². The molecule has 5 aliphatic carbocycles. The second kappa shape index (κ2) is 16.6. The second-order valence-electron chi connectivity index (χ2n) is 17.9. The number of esters is 4. The molecule has 1 aromatic heterocycles. The molecule has 11 atom stereocenters. The van der Waals surface area contributed by atoms with Gasteiger partial charge in [-0.05, 0) is 87.1 Å². The summed E-state index contributed by atoms with van der Waals surface area (Å²) in [6, 6.07) is 9.97. The fourth-order valence-electron chi connectivity index (χ4n) is 10.5. The zero-order valence-corrected chi connectivity index (χ0v) is 36.0. The van der Waals surface area contributed by atoms with Gasteiger partial charge in [0.2, 0.25) is 0 Å². The molecular formula is C45H55NO14S. The number of Topliss-reactive ketones (excluding diaryl/α,β-unsaturated/α-hetero) is 1. The van der Waals surface area contributed by atoms with E-state index in [1.165, 1.54) is 37.3 Å². The van der Waals surface area contributed by atoms with Gasteiger partial charge in [-0.15, -0.1) is 11.3 Å². The molecule has 16 heteroatoms. The van der Waals surface area contributed by atoms with E-state index < -0.39 is 113 Å². The molecule has 0 aliphatic heterocycles. The van der Waals surface area contributed by atoms with E-state index in [0.29, 0.717) is 24.1 Å². The van der Waals surface area contributed by atoms with Crippen molar-refractivity contribution < 1.29 is 67.8 Å². The largest absolute Gasteiger partial charge is 0.458 e. The van der Waals surface area contributed by atoms with Gasteiger partial charge < -0.3 is 44.3 Å². The number of hydrogen-bond donors (Lipinski definition) is 4. The summed E-state index contributed by atoms with van der Waals surface area (Å²) in [5.74, 6) is -6.28. The molecule has 0 spiro atoms. The third kappa shape index (κ3) is 7.46. The normalized spacial score (nSPS) is 33.7.